The Balaban J connectivity index is 2.04. The molecule has 116 valence electrons. The highest BCUT2D eigenvalue weighted by atomic mass is 19.2. The standard InChI is InChI=1S/C16H15F2NO3/c1-10(22-15-6-4-3-5-14(15)21-2)16(20)19-11-7-8-12(17)13(18)9-11/h3-10H,1-2H3,(H,19,20)/t10-/m1/s1. The Hall–Kier alpha value is -2.63. The minimum atomic E-state index is -1.03. The summed E-state index contributed by atoms with van der Waals surface area (Å²) in [7, 11) is 1.49. The molecule has 22 heavy (non-hydrogen) atoms. The molecule has 1 amide bonds. The van der Waals surface area contributed by atoms with Crippen molar-refractivity contribution in [1.82, 2.24) is 0 Å². The van der Waals surface area contributed by atoms with Gasteiger partial charge in [-0.15, -0.1) is 0 Å². The van der Waals surface area contributed by atoms with Crippen molar-refractivity contribution < 1.29 is 23.0 Å². The van der Waals surface area contributed by atoms with Gasteiger partial charge in [0.05, 0.1) is 7.11 Å². The van der Waals surface area contributed by atoms with E-state index in [1.54, 1.807) is 31.2 Å². The van der Waals surface area contributed by atoms with E-state index in [0.717, 1.165) is 12.1 Å². The molecule has 0 spiro atoms. The van der Waals surface area contributed by atoms with E-state index in [1.807, 2.05) is 0 Å². The van der Waals surface area contributed by atoms with Crippen molar-refractivity contribution in [3.05, 3.63) is 54.1 Å². The molecule has 1 N–H and O–H groups in total. The van der Waals surface area contributed by atoms with Gasteiger partial charge in [0, 0.05) is 11.8 Å². The minimum Gasteiger partial charge on any atom is -0.493 e. The Morgan fingerprint density at radius 3 is 2.41 bits per heavy atom. The molecule has 2 aromatic rings. The molecule has 0 saturated heterocycles. The molecule has 0 radical (unpaired) electrons. The third kappa shape index (κ3) is 3.72. The highest BCUT2D eigenvalue weighted by Gasteiger charge is 2.17. The fourth-order valence-electron chi connectivity index (χ4n) is 1.78. The number of benzene rings is 2. The van der Waals surface area contributed by atoms with Crippen molar-refractivity contribution in [3.63, 3.8) is 0 Å². The first-order valence-electron chi connectivity index (χ1n) is 6.57. The summed E-state index contributed by atoms with van der Waals surface area (Å²) in [5.41, 5.74) is 0.152. The zero-order valence-electron chi connectivity index (χ0n) is 12.1. The predicted octanol–water partition coefficient (Wildman–Crippen LogP) is 3.38. The van der Waals surface area contributed by atoms with E-state index in [1.165, 1.54) is 13.2 Å². The highest BCUT2D eigenvalue weighted by molar-refractivity contribution is 5.94. The van der Waals surface area contributed by atoms with Crippen LogP contribution in [0.15, 0.2) is 42.5 Å². The number of para-hydroxylation sites is 2. The minimum absolute atomic E-state index is 0.152. The third-order valence-electron chi connectivity index (χ3n) is 2.93. The van der Waals surface area contributed by atoms with Crippen LogP contribution in [0.1, 0.15) is 6.92 Å². The summed E-state index contributed by atoms with van der Waals surface area (Å²) in [4.78, 5) is 12.0. The van der Waals surface area contributed by atoms with E-state index < -0.39 is 23.6 Å². The molecule has 0 heterocycles. The molecule has 0 aliphatic carbocycles. The average molecular weight is 307 g/mol. The molecule has 2 aromatic carbocycles. The van der Waals surface area contributed by atoms with Crippen molar-refractivity contribution >= 4 is 11.6 Å². The lowest BCUT2D eigenvalue weighted by Gasteiger charge is -2.16. The fourth-order valence-corrected chi connectivity index (χ4v) is 1.78. The van der Waals surface area contributed by atoms with Crippen LogP contribution in [0.3, 0.4) is 0 Å². The number of anilines is 1. The summed E-state index contributed by atoms with van der Waals surface area (Å²) in [5.74, 6) is -1.59. The number of hydrogen-bond donors (Lipinski definition) is 1. The third-order valence-corrected chi connectivity index (χ3v) is 2.93. The SMILES string of the molecule is COc1ccccc1O[C@H](C)C(=O)Nc1ccc(F)c(F)c1. The monoisotopic (exact) mass is 307 g/mol. The van der Waals surface area contributed by atoms with Crippen molar-refractivity contribution in [2.75, 3.05) is 12.4 Å². The van der Waals surface area contributed by atoms with Crippen LogP contribution in [0.25, 0.3) is 0 Å². The number of halogens is 2. The van der Waals surface area contributed by atoms with Gasteiger partial charge in [-0.2, -0.15) is 0 Å². The number of ether oxygens (including phenoxy) is 2. The van der Waals surface area contributed by atoms with Crippen LogP contribution >= 0.6 is 0 Å². The summed E-state index contributed by atoms with van der Waals surface area (Å²) in [5, 5.41) is 2.46. The smallest absolute Gasteiger partial charge is 0.265 e. The number of hydrogen-bond acceptors (Lipinski definition) is 3. The number of rotatable bonds is 5. The van der Waals surface area contributed by atoms with Gasteiger partial charge in [-0.3, -0.25) is 4.79 Å². The lowest BCUT2D eigenvalue weighted by molar-refractivity contribution is -0.122. The molecule has 0 aliphatic heterocycles. The molecule has 0 bridgehead atoms. The van der Waals surface area contributed by atoms with Gasteiger partial charge >= 0.3 is 0 Å². The maximum atomic E-state index is 13.1. The fraction of sp³-hybridized carbons (Fsp3) is 0.188. The van der Waals surface area contributed by atoms with Gasteiger partial charge in [-0.1, -0.05) is 12.1 Å². The normalized spacial score (nSPS) is 11.6. The summed E-state index contributed by atoms with van der Waals surface area (Å²) >= 11 is 0. The summed E-state index contributed by atoms with van der Waals surface area (Å²) in [6.07, 6.45) is -0.843. The molecule has 2 rings (SSSR count). The largest absolute Gasteiger partial charge is 0.493 e. The van der Waals surface area contributed by atoms with Gasteiger partial charge < -0.3 is 14.8 Å². The molecule has 0 fully saturated rings. The second-order valence-electron chi connectivity index (χ2n) is 4.53. The second kappa shape index (κ2) is 6.89. The quantitative estimate of drug-likeness (QED) is 0.921. The van der Waals surface area contributed by atoms with Crippen LogP contribution in [0.4, 0.5) is 14.5 Å². The summed E-state index contributed by atoms with van der Waals surface area (Å²) in [6.45, 7) is 1.54. The van der Waals surface area contributed by atoms with Crippen molar-refractivity contribution in [2.45, 2.75) is 13.0 Å². The Kier molecular flexibility index (Phi) is 4.93. The number of carbonyl (C=O) groups is 1. The van der Waals surface area contributed by atoms with Crippen molar-refractivity contribution in [1.29, 1.82) is 0 Å². The lowest BCUT2D eigenvalue weighted by atomic mass is 10.2. The van der Waals surface area contributed by atoms with Gasteiger partial charge in [0.2, 0.25) is 0 Å². The first-order chi connectivity index (χ1) is 10.5. The highest BCUT2D eigenvalue weighted by Crippen LogP contribution is 2.27. The van der Waals surface area contributed by atoms with E-state index in [-0.39, 0.29) is 5.69 Å². The number of carbonyl (C=O) groups excluding carboxylic acids is 1. The molecule has 0 aromatic heterocycles. The van der Waals surface area contributed by atoms with E-state index in [9.17, 15) is 13.6 Å². The predicted molar refractivity (Wildman–Crippen MR) is 78.1 cm³/mol. The van der Waals surface area contributed by atoms with Gasteiger partial charge in [0.25, 0.3) is 5.91 Å². The molecule has 4 nitrogen and oxygen atoms in total. The summed E-state index contributed by atoms with van der Waals surface area (Å²) in [6, 6.07) is 10.0. The Bertz CT molecular complexity index is 676. The van der Waals surface area contributed by atoms with Gasteiger partial charge in [0.1, 0.15) is 0 Å². The first kappa shape index (κ1) is 15.8. The van der Waals surface area contributed by atoms with E-state index in [2.05, 4.69) is 5.32 Å². The van der Waals surface area contributed by atoms with E-state index in [4.69, 9.17) is 9.47 Å². The van der Waals surface area contributed by atoms with Crippen LogP contribution in [0, 0.1) is 11.6 Å². The number of amides is 1. The zero-order valence-corrected chi connectivity index (χ0v) is 12.1. The van der Waals surface area contributed by atoms with Crippen LogP contribution in [0.5, 0.6) is 11.5 Å². The van der Waals surface area contributed by atoms with Crippen LogP contribution in [-0.4, -0.2) is 19.1 Å². The molecule has 0 unspecified atom stereocenters. The Morgan fingerprint density at radius 1 is 1.09 bits per heavy atom. The maximum Gasteiger partial charge on any atom is 0.265 e. The van der Waals surface area contributed by atoms with E-state index >= 15 is 0 Å². The zero-order chi connectivity index (χ0) is 16.1. The topological polar surface area (TPSA) is 47.6 Å². The van der Waals surface area contributed by atoms with Crippen LogP contribution in [-0.2, 0) is 4.79 Å². The van der Waals surface area contributed by atoms with Crippen molar-refractivity contribution in [2.24, 2.45) is 0 Å². The molecule has 0 aliphatic rings. The Morgan fingerprint density at radius 2 is 1.77 bits per heavy atom. The molecule has 6 heteroatoms. The van der Waals surface area contributed by atoms with Crippen LogP contribution in [0.2, 0.25) is 0 Å². The number of nitrogens with one attached hydrogen (secondary N) is 1. The first-order valence-corrected chi connectivity index (χ1v) is 6.57. The lowest BCUT2D eigenvalue weighted by Crippen LogP contribution is -2.30. The van der Waals surface area contributed by atoms with Gasteiger partial charge in [0.15, 0.2) is 29.2 Å². The van der Waals surface area contributed by atoms with Crippen molar-refractivity contribution in [3.8, 4) is 11.5 Å². The molecular weight excluding hydrogens is 292 g/mol. The summed E-state index contributed by atoms with van der Waals surface area (Å²) < 4.78 is 36.6. The number of methoxy groups -OCH3 is 1. The average Bonchev–Trinajstić information content (AvgIpc) is 2.51. The van der Waals surface area contributed by atoms with E-state index in [0.29, 0.717) is 11.5 Å². The Labute approximate surface area is 126 Å². The van der Waals surface area contributed by atoms with Crippen LogP contribution < -0.4 is 14.8 Å². The van der Waals surface area contributed by atoms with Gasteiger partial charge in [-0.25, -0.2) is 8.78 Å². The molecule has 1 atom stereocenters. The van der Waals surface area contributed by atoms with Gasteiger partial charge in [-0.05, 0) is 31.2 Å². The molecular formula is C16H15F2NO3. The molecule has 0 saturated carbocycles. The second-order valence-corrected chi connectivity index (χ2v) is 4.53. The maximum absolute atomic E-state index is 13.1.